The number of nitrogens with zero attached hydrogens (tertiary/aromatic N) is 2. The van der Waals surface area contributed by atoms with Gasteiger partial charge in [0.1, 0.15) is 0 Å². The van der Waals surface area contributed by atoms with Gasteiger partial charge in [0.25, 0.3) is 0 Å². The van der Waals surface area contributed by atoms with Crippen LogP contribution in [-0.4, -0.2) is 15.0 Å². The predicted molar refractivity (Wildman–Crippen MR) is 59.3 cm³/mol. The van der Waals surface area contributed by atoms with E-state index in [1.807, 2.05) is 30.5 Å². The maximum Gasteiger partial charge on any atom is 0.159 e. The average molecular weight is 195 g/mol. The molecule has 72 valence electrons. The van der Waals surface area contributed by atoms with Gasteiger partial charge in [-0.3, -0.25) is 0 Å². The number of aromatic amines is 1. The van der Waals surface area contributed by atoms with Crippen molar-refractivity contribution in [3.8, 4) is 11.4 Å². The van der Waals surface area contributed by atoms with E-state index in [-0.39, 0.29) is 0 Å². The van der Waals surface area contributed by atoms with E-state index in [4.69, 9.17) is 0 Å². The topological polar surface area (TPSA) is 41.6 Å². The number of nitrogens with one attached hydrogen (secondary N) is 1. The van der Waals surface area contributed by atoms with Crippen LogP contribution in [0.1, 0.15) is 0 Å². The van der Waals surface area contributed by atoms with Crippen molar-refractivity contribution in [1.82, 2.24) is 15.0 Å². The van der Waals surface area contributed by atoms with Gasteiger partial charge in [0.2, 0.25) is 0 Å². The molecule has 3 rings (SSSR count). The third-order valence-electron chi connectivity index (χ3n) is 2.38. The van der Waals surface area contributed by atoms with Gasteiger partial charge in [0.15, 0.2) is 5.82 Å². The zero-order valence-corrected chi connectivity index (χ0v) is 8.01. The van der Waals surface area contributed by atoms with E-state index in [9.17, 15) is 0 Å². The summed E-state index contributed by atoms with van der Waals surface area (Å²) in [6.07, 6.45) is 5.44. The molecule has 3 nitrogen and oxygen atoms in total. The molecule has 0 saturated carbocycles. The Labute approximate surface area is 86.8 Å². The van der Waals surface area contributed by atoms with Crippen molar-refractivity contribution in [1.29, 1.82) is 0 Å². The molecule has 0 spiro atoms. The van der Waals surface area contributed by atoms with Crippen LogP contribution in [0.3, 0.4) is 0 Å². The Balaban J connectivity index is 2.19. The van der Waals surface area contributed by atoms with Crippen LogP contribution < -0.4 is 0 Å². The van der Waals surface area contributed by atoms with E-state index in [0.717, 1.165) is 16.9 Å². The Morgan fingerprint density at radius 3 is 2.73 bits per heavy atom. The Kier molecular flexibility index (Phi) is 1.75. The summed E-state index contributed by atoms with van der Waals surface area (Å²) < 4.78 is 0. The van der Waals surface area contributed by atoms with Gasteiger partial charge in [-0.15, -0.1) is 0 Å². The zero-order valence-electron chi connectivity index (χ0n) is 8.01. The van der Waals surface area contributed by atoms with E-state index in [1.54, 1.807) is 12.4 Å². The predicted octanol–water partition coefficient (Wildman–Crippen LogP) is 2.62. The van der Waals surface area contributed by atoms with Gasteiger partial charge in [-0.25, -0.2) is 9.97 Å². The minimum Gasteiger partial charge on any atom is -0.361 e. The largest absolute Gasteiger partial charge is 0.361 e. The van der Waals surface area contributed by atoms with Gasteiger partial charge in [-0.05, 0) is 30.3 Å². The van der Waals surface area contributed by atoms with Gasteiger partial charge in [-0.1, -0.05) is 0 Å². The third kappa shape index (κ3) is 1.38. The number of benzene rings is 1. The van der Waals surface area contributed by atoms with Crippen molar-refractivity contribution in [2.45, 2.75) is 0 Å². The van der Waals surface area contributed by atoms with Gasteiger partial charge in [-0.2, -0.15) is 0 Å². The lowest BCUT2D eigenvalue weighted by Crippen LogP contribution is -1.85. The monoisotopic (exact) mass is 195 g/mol. The molecular formula is C12H9N3. The van der Waals surface area contributed by atoms with E-state index < -0.39 is 0 Å². The van der Waals surface area contributed by atoms with E-state index in [1.165, 1.54) is 5.39 Å². The van der Waals surface area contributed by atoms with Crippen LogP contribution >= 0.6 is 0 Å². The fourth-order valence-electron chi connectivity index (χ4n) is 1.64. The first-order chi connectivity index (χ1) is 7.43. The minimum atomic E-state index is 0.764. The summed E-state index contributed by atoms with van der Waals surface area (Å²) in [5, 5.41) is 1.18. The molecule has 0 bridgehead atoms. The van der Waals surface area contributed by atoms with E-state index in [0.29, 0.717) is 0 Å². The van der Waals surface area contributed by atoms with Crippen LogP contribution in [0, 0.1) is 0 Å². The normalized spacial score (nSPS) is 10.7. The van der Waals surface area contributed by atoms with E-state index >= 15 is 0 Å². The summed E-state index contributed by atoms with van der Waals surface area (Å²) in [4.78, 5) is 11.6. The van der Waals surface area contributed by atoms with Crippen molar-refractivity contribution in [2.75, 3.05) is 0 Å². The lowest BCUT2D eigenvalue weighted by atomic mass is 10.1. The maximum absolute atomic E-state index is 4.22. The van der Waals surface area contributed by atoms with Crippen LogP contribution in [-0.2, 0) is 0 Å². The second kappa shape index (κ2) is 3.20. The summed E-state index contributed by atoms with van der Waals surface area (Å²) in [6, 6.07) is 10.0. The summed E-state index contributed by atoms with van der Waals surface area (Å²) in [5.74, 6) is 0.764. The zero-order chi connectivity index (χ0) is 10.1. The molecule has 3 heteroatoms. The Hall–Kier alpha value is -2.16. The highest BCUT2D eigenvalue weighted by atomic mass is 14.8. The molecule has 15 heavy (non-hydrogen) atoms. The number of hydrogen-bond donors (Lipinski definition) is 1. The molecule has 0 atom stereocenters. The molecule has 2 heterocycles. The molecule has 1 aromatic carbocycles. The first kappa shape index (κ1) is 8.17. The number of aromatic nitrogens is 3. The molecule has 0 fully saturated rings. The summed E-state index contributed by atoms with van der Waals surface area (Å²) in [7, 11) is 0. The standard InChI is InChI=1S/C12H9N3/c1-5-14-12(15-6-1)10-2-3-11-9(8-10)4-7-13-11/h1-8,13H. The highest BCUT2D eigenvalue weighted by Gasteiger charge is 2.01. The second-order valence-electron chi connectivity index (χ2n) is 3.35. The molecule has 0 saturated heterocycles. The molecule has 0 amide bonds. The summed E-state index contributed by atoms with van der Waals surface area (Å²) in [6.45, 7) is 0. The highest BCUT2D eigenvalue weighted by molar-refractivity contribution is 5.83. The third-order valence-corrected chi connectivity index (χ3v) is 2.38. The van der Waals surface area contributed by atoms with Crippen molar-refractivity contribution in [3.63, 3.8) is 0 Å². The van der Waals surface area contributed by atoms with Gasteiger partial charge in [0, 0.05) is 35.1 Å². The van der Waals surface area contributed by atoms with Gasteiger partial charge < -0.3 is 4.98 Å². The van der Waals surface area contributed by atoms with Crippen LogP contribution in [0.15, 0.2) is 48.9 Å². The fourth-order valence-corrected chi connectivity index (χ4v) is 1.64. The summed E-state index contributed by atoms with van der Waals surface area (Å²) in [5.41, 5.74) is 2.18. The lowest BCUT2D eigenvalue weighted by Gasteiger charge is -1.98. The van der Waals surface area contributed by atoms with Gasteiger partial charge >= 0.3 is 0 Å². The van der Waals surface area contributed by atoms with Crippen molar-refractivity contribution in [3.05, 3.63) is 48.9 Å². The molecule has 2 aromatic heterocycles. The number of H-pyrrole nitrogens is 1. The molecule has 3 aromatic rings. The highest BCUT2D eigenvalue weighted by Crippen LogP contribution is 2.20. The Bertz CT molecular complexity index is 584. The molecule has 1 N–H and O–H groups in total. The van der Waals surface area contributed by atoms with Crippen LogP contribution in [0.2, 0.25) is 0 Å². The van der Waals surface area contributed by atoms with Crippen molar-refractivity contribution < 1.29 is 0 Å². The minimum absolute atomic E-state index is 0.764. The van der Waals surface area contributed by atoms with Gasteiger partial charge in [0.05, 0.1) is 0 Å². The SMILES string of the molecule is c1cnc(-c2ccc3[nH]ccc3c2)nc1. The fraction of sp³-hybridized carbons (Fsp3) is 0. The average Bonchev–Trinajstić information content (AvgIpc) is 2.77. The molecule has 0 radical (unpaired) electrons. The Morgan fingerprint density at radius 2 is 1.87 bits per heavy atom. The number of fused-ring (bicyclic) bond motifs is 1. The summed E-state index contributed by atoms with van der Waals surface area (Å²) >= 11 is 0. The number of hydrogen-bond acceptors (Lipinski definition) is 2. The lowest BCUT2D eigenvalue weighted by molar-refractivity contribution is 1.18. The first-order valence-electron chi connectivity index (χ1n) is 4.78. The van der Waals surface area contributed by atoms with Crippen molar-refractivity contribution in [2.24, 2.45) is 0 Å². The van der Waals surface area contributed by atoms with Crippen molar-refractivity contribution >= 4 is 10.9 Å². The molecule has 0 aliphatic carbocycles. The van der Waals surface area contributed by atoms with Crippen LogP contribution in [0.4, 0.5) is 0 Å². The Morgan fingerprint density at radius 1 is 1.00 bits per heavy atom. The molecule has 0 aliphatic heterocycles. The smallest absolute Gasteiger partial charge is 0.159 e. The molecular weight excluding hydrogens is 186 g/mol. The maximum atomic E-state index is 4.22. The molecule has 0 unspecified atom stereocenters. The first-order valence-corrected chi connectivity index (χ1v) is 4.78. The molecule has 0 aliphatic rings. The number of rotatable bonds is 1. The quantitative estimate of drug-likeness (QED) is 0.648. The van der Waals surface area contributed by atoms with Crippen LogP contribution in [0.5, 0.6) is 0 Å². The second-order valence-corrected chi connectivity index (χ2v) is 3.35. The van der Waals surface area contributed by atoms with E-state index in [2.05, 4.69) is 21.0 Å². The van der Waals surface area contributed by atoms with Crippen LogP contribution in [0.25, 0.3) is 22.3 Å².